The first-order valence-corrected chi connectivity index (χ1v) is 9.40. The van der Waals surface area contributed by atoms with Crippen molar-refractivity contribution < 1.29 is 4.12 Å². The lowest BCUT2D eigenvalue weighted by Crippen LogP contribution is -2.13. The highest BCUT2D eigenvalue weighted by Gasteiger charge is 2.04. The van der Waals surface area contributed by atoms with E-state index in [-0.39, 0.29) is 0 Å². The molecule has 17 heavy (non-hydrogen) atoms. The summed E-state index contributed by atoms with van der Waals surface area (Å²) in [6, 6.07) is 11.8. The third-order valence-electron chi connectivity index (χ3n) is 2.95. The van der Waals surface area contributed by atoms with Crippen LogP contribution < -0.4 is 0 Å². The van der Waals surface area contributed by atoms with Crippen LogP contribution in [0.5, 0.6) is 0 Å². The van der Waals surface area contributed by atoms with Crippen LogP contribution in [0, 0.1) is 0 Å². The van der Waals surface area contributed by atoms with Crippen molar-refractivity contribution in [2.45, 2.75) is 38.7 Å². The Labute approximate surface area is 110 Å². The highest BCUT2D eigenvalue weighted by molar-refractivity contribution is 6.61. The summed E-state index contributed by atoms with van der Waals surface area (Å²) in [6.45, 7) is 2.26. The third kappa shape index (κ3) is 6.61. The Balaban J connectivity index is 2.33. The predicted octanol–water partition coefficient (Wildman–Crippen LogP) is 2.84. The summed E-state index contributed by atoms with van der Waals surface area (Å²) in [6.07, 6.45) is 7.61. The standard InChI is InChI=1S/C14H24OSi2/c1-2-3-4-8-12-17(15-16)13-11-14-9-6-5-7-10-14/h5-7,9-11,13,17H,2-4,8,12H2,1,16H3. The molecule has 1 aromatic rings. The molecule has 1 rings (SSSR count). The minimum Gasteiger partial charge on any atom is -0.463 e. The highest BCUT2D eigenvalue weighted by atomic mass is 28.3. The zero-order valence-corrected chi connectivity index (χ0v) is 14.2. The van der Waals surface area contributed by atoms with E-state index in [1.165, 1.54) is 37.3 Å². The smallest absolute Gasteiger partial charge is 0.187 e. The molecular formula is C14H24OSi2. The average Bonchev–Trinajstić information content (AvgIpc) is 2.39. The highest BCUT2D eigenvalue weighted by Crippen LogP contribution is 2.09. The van der Waals surface area contributed by atoms with Crippen LogP contribution in [0.1, 0.15) is 38.2 Å². The summed E-state index contributed by atoms with van der Waals surface area (Å²) in [4.78, 5) is 0. The SMILES string of the molecule is CCCCCC[SiH](C=Cc1ccccc1)O[SiH3]. The van der Waals surface area contributed by atoms with Crippen LogP contribution in [0.4, 0.5) is 0 Å². The molecule has 0 saturated carbocycles. The van der Waals surface area contributed by atoms with Gasteiger partial charge in [-0.25, -0.2) is 0 Å². The van der Waals surface area contributed by atoms with Gasteiger partial charge < -0.3 is 4.12 Å². The Morgan fingerprint density at radius 1 is 1.18 bits per heavy atom. The number of rotatable bonds is 8. The monoisotopic (exact) mass is 264 g/mol. The molecule has 1 nitrogen and oxygen atoms in total. The second-order valence-electron chi connectivity index (χ2n) is 4.39. The van der Waals surface area contributed by atoms with Crippen molar-refractivity contribution in [2.24, 2.45) is 0 Å². The largest absolute Gasteiger partial charge is 0.463 e. The van der Waals surface area contributed by atoms with Crippen LogP contribution in [0.2, 0.25) is 6.04 Å². The zero-order valence-electron chi connectivity index (χ0n) is 11.1. The summed E-state index contributed by atoms with van der Waals surface area (Å²) in [5, 5.41) is 0. The van der Waals surface area contributed by atoms with E-state index in [9.17, 15) is 0 Å². The molecule has 1 aromatic carbocycles. The molecule has 0 aliphatic carbocycles. The van der Waals surface area contributed by atoms with Crippen LogP contribution in [0.25, 0.3) is 6.08 Å². The molecule has 0 spiro atoms. The Morgan fingerprint density at radius 3 is 2.59 bits per heavy atom. The topological polar surface area (TPSA) is 9.23 Å². The molecule has 0 fully saturated rings. The number of benzene rings is 1. The molecule has 0 aliphatic heterocycles. The van der Waals surface area contributed by atoms with E-state index in [2.05, 4.69) is 49.0 Å². The van der Waals surface area contributed by atoms with Crippen LogP contribution >= 0.6 is 0 Å². The van der Waals surface area contributed by atoms with E-state index in [4.69, 9.17) is 4.12 Å². The molecule has 0 N–H and O–H groups in total. The van der Waals surface area contributed by atoms with Gasteiger partial charge in [-0.1, -0.05) is 74.7 Å². The van der Waals surface area contributed by atoms with Crippen molar-refractivity contribution in [1.29, 1.82) is 0 Å². The number of unbranched alkanes of at least 4 members (excludes halogenated alkanes) is 3. The van der Waals surface area contributed by atoms with Gasteiger partial charge in [0, 0.05) is 0 Å². The summed E-state index contributed by atoms with van der Waals surface area (Å²) >= 11 is 0. The lowest BCUT2D eigenvalue weighted by molar-refractivity contribution is 0.621. The molecule has 0 radical (unpaired) electrons. The van der Waals surface area contributed by atoms with E-state index >= 15 is 0 Å². The maximum absolute atomic E-state index is 5.74. The summed E-state index contributed by atoms with van der Waals surface area (Å²) < 4.78 is 5.74. The van der Waals surface area contributed by atoms with Gasteiger partial charge in [0.1, 0.15) is 10.5 Å². The Hall–Kier alpha value is -0.646. The van der Waals surface area contributed by atoms with Gasteiger partial charge in [0.25, 0.3) is 0 Å². The van der Waals surface area contributed by atoms with E-state index in [0.29, 0.717) is 0 Å². The Bertz CT molecular complexity index is 311. The normalized spacial score (nSPS) is 13.2. The van der Waals surface area contributed by atoms with E-state index in [0.717, 1.165) is 10.5 Å². The second-order valence-corrected chi connectivity index (χ2v) is 8.32. The van der Waals surface area contributed by atoms with Gasteiger partial charge in [-0.3, -0.25) is 0 Å². The van der Waals surface area contributed by atoms with Gasteiger partial charge in [-0.05, 0) is 11.6 Å². The van der Waals surface area contributed by atoms with E-state index < -0.39 is 9.04 Å². The minimum atomic E-state index is -1.04. The molecule has 3 heteroatoms. The lowest BCUT2D eigenvalue weighted by atomic mass is 10.2. The first kappa shape index (κ1) is 14.4. The molecule has 0 heterocycles. The fourth-order valence-corrected chi connectivity index (χ4v) is 4.74. The van der Waals surface area contributed by atoms with E-state index in [1.807, 2.05) is 0 Å². The van der Waals surface area contributed by atoms with Crippen molar-refractivity contribution in [3.8, 4) is 0 Å². The van der Waals surface area contributed by atoms with Gasteiger partial charge >= 0.3 is 0 Å². The quantitative estimate of drug-likeness (QED) is 0.518. The summed E-state index contributed by atoms with van der Waals surface area (Å²) in [5.41, 5.74) is 3.63. The second kappa shape index (κ2) is 9.39. The zero-order chi connectivity index (χ0) is 12.3. The van der Waals surface area contributed by atoms with Crippen LogP contribution in [-0.2, 0) is 4.12 Å². The maximum Gasteiger partial charge on any atom is 0.187 e. The molecule has 0 bridgehead atoms. The lowest BCUT2D eigenvalue weighted by Gasteiger charge is -2.08. The first-order valence-electron chi connectivity index (χ1n) is 6.63. The van der Waals surface area contributed by atoms with Gasteiger partial charge in [0.2, 0.25) is 0 Å². The van der Waals surface area contributed by atoms with Gasteiger partial charge in [0.05, 0.1) is 0 Å². The van der Waals surface area contributed by atoms with Crippen LogP contribution in [0.3, 0.4) is 0 Å². The van der Waals surface area contributed by atoms with Gasteiger partial charge in [-0.2, -0.15) is 0 Å². The third-order valence-corrected chi connectivity index (χ3v) is 6.97. The predicted molar refractivity (Wildman–Crippen MR) is 82.6 cm³/mol. The minimum absolute atomic E-state index is 0.879. The van der Waals surface area contributed by atoms with Crippen molar-refractivity contribution >= 4 is 25.6 Å². The molecule has 0 amide bonds. The van der Waals surface area contributed by atoms with Crippen LogP contribution in [-0.4, -0.2) is 19.5 Å². The molecule has 0 aromatic heterocycles. The fraction of sp³-hybridized carbons (Fsp3) is 0.429. The summed E-state index contributed by atoms with van der Waals surface area (Å²) in [5.74, 6) is 0. The first-order chi connectivity index (χ1) is 8.36. The molecule has 1 unspecified atom stereocenters. The van der Waals surface area contributed by atoms with Crippen LogP contribution in [0.15, 0.2) is 36.0 Å². The fourth-order valence-electron chi connectivity index (χ4n) is 1.85. The van der Waals surface area contributed by atoms with Crippen molar-refractivity contribution in [3.63, 3.8) is 0 Å². The molecule has 0 saturated heterocycles. The summed E-state index contributed by atoms with van der Waals surface area (Å²) in [7, 11) is -0.166. The van der Waals surface area contributed by atoms with Crippen molar-refractivity contribution in [1.82, 2.24) is 0 Å². The molecule has 1 atom stereocenters. The number of hydrogen-bond donors (Lipinski definition) is 0. The van der Waals surface area contributed by atoms with E-state index in [1.54, 1.807) is 0 Å². The Morgan fingerprint density at radius 2 is 1.94 bits per heavy atom. The Kier molecular flexibility index (Phi) is 7.96. The van der Waals surface area contributed by atoms with Crippen molar-refractivity contribution in [3.05, 3.63) is 41.6 Å². The molecule has 94 valence electrons. The average molecular weight is 265 g/mol. The molecular weight excluding hydrogens is 240 g/mol. The maximum atomic E-state index is 5.74. The van der Waals surface area contributed by atoms with Crippen molar-refractivity contribution in [2.75, 3.05) is 0 Å². The molecule has 0 aliphatic rings. The van der Waals surface area contributed by atoms with Gasteiger partial charge in [0.15, 0.2) is 9.04 Å². The number of hydrogen-bond acceptors (Lipinski definition) is 1. The van der Waals surface area contributed by atoms with Gasteiger partial charge in [-0.15, -0.1) is 0 Å².